The van der Waals surface area contributed by atoms with E-state index in [-0.39, 0.29) is 12.3 Å². The molecule has 2 aliphatic heterocycles. The summed E-state index contributed by atoms with van der Waals surface area (Å²) in [4.78, 5) is 5.36. The van der Waals surface area contributed by atoms with E-state index in [1.165, 1.54) is 38.5 Å². The van der Waals surface area contributed by atoms with Gasteiger partial charge in [-0.05, 0) is 81.2 Å². The van der Waals surface area contributed by atoms with Gasteiger partial charge in [0.1, 0.15) is 29.7 Å². The van der Waals surface area contributed by atoms with Crippen LogP contribution in [0.3, 0.4) is 0 Å². The number of fused-ring (bicyclic) bond motifs is 13. The Morgan fingerprint density at radius 3 is 1.80 bits per heavy atom. The number of nitrogens with one attached hydrogen (secondary N) is 2. The molecule has 13 rings (SSSR count). The Hall–Kier alpha value is -7.73. The minimum absolute atomic E-state index is 0.131. The normalized spacial score (nSPS) is 17.0. The van der Waals surface area contributed by atoms with Crippen LogP contribution in [0.1, 0.15) is 51.3 Å². The lowest BCUT2D eigenvalue weighted by Crippen LogP contribution is -2.45. The minimum atomic E-state index is -0.567. The summed E-state index contributed by atoms with van der Waals surface area (Å²) >= 11 is 0. The van der Waals surface area contributed by atoms with Crippen LogP contribution in [-0.2, 0) is 5.41 Å². The second kappa shape index (κ2) is 13.1. The highest BCUT2D eigenvalue weighted by atomic mass is 16.5. The zero-order valence-corrected chi connectivity index (χ0v) is 33.1. The first kappa shape index (κ1) is 34.2. The van der Waals surface area contributed by atoms with Crippen LogP contribution >= 0.6 is 0 Å². The maximum atomic E-state index is 6.67. The van der Waals surface area contributed by atoms with Gasteiger partial charge in [0.15, 0.2) is 0 Å². The van der Waals surface area contributed by atoms with Gasteiger partial charge in [-0.1, -0.05) is 164 Å². The lowest BCUT2D eigenvalue weighted by Gasteiger charge is -2.39. The first-order chi connectivity index (χ1) is 30.3. The summed E-state index contributed by atoms with van der Waals surface area (Å²) in [7, 11) is 0. The van der Waals surface area contributed by atoms with E-state index in [2.05, 4.69) is 221 Å². The largest absolute Gasteiger partial charge is 0.457 e. The van der Waals surface area contributed by atoms with E-state index in [4.69, 9.17) is 9.73 Å². The number of hydrogen-bond donors (Lipinski definition) is 2. The van der Waals surface area contributed by atoms with E-state index in [0.717, 1.165) is 67.1 Å². The number of nitrogens with zero attached hydrogens (tertiary/aromatic N) is 2. The second-order valence-electron chi connectivity index (χ2n) is 16.3. The summed E-state index contributed by atoms with van der Waals surface area (Å²) in [6, 6.07) is 74.4. The maximum absolute atomic E-state index is 6.67. The van der Waals surface area contributed by atoms with E-state index in [1.54, 1.807) is 0 Å². The van der Waals surface area contributed by atoms with E-state index in [1.807, 2.05) is 0 Å². The third kappa shape index (κ3) is 4.90. The Morgan fingerprint density at radius 1 is 0.443 bits per heavy atom. The van der Waals surface area contributed by atoms with Crippen LogP contribution in [-0.4, -0.2) is 10.4 Å². The van der Waals surface area contributed by atoms with Crippen molar-refractivity contribution in [3.8, 4) is 28.3 Å². The molecule has 3 aliphatic rings. The molecule has 9 aromatic carbocycles. The zero-order valence-electron chi connectivity index (χ0n) is 33.1. The summed E-state index contributed by atoms with van der Waals surface area (Å²) in [5.41, 5.74) is 13.6. The van der Waals surface area contributed by atoms with Gasteiger partial charge in [0, 0.05) is 32.8 Å². The highest BCUT2D eigenvalue weighted by molar-refractivity contribution is 6.16. The molecule has 0 radical (unpaired) electrons. The average Bonchev–Trinajstić information content (AvgIpc) is 3.80. The molecule has 2 N–H and O–H groups in total. The fourth-order valence-corrected chi connectivity index (χ4v) is 10.6. The average molecular weight is 783 g/mol. The second-order valence-corrected chi connectivity index (χ2v) is 16.3. The molecule has 0 saturated heterocycles. The number of aliphatic imine (C=N–C) groups is 1. The van der Waals surface area contributed by atoms with Crippen molar-refractivity contribution >= 4 is 38.4 Å². The number of rotatable bonds is 4. The minimum Gasteiger partial charge on any atom is -0.457 e. The van der Waals surface area contributed by atoms with Crippen LogP contribution in [0.25, 0.3) is 49.4 Å². The highest BCUT2D eigenvalue weighted by Crippen LogP contribution is 2.62. The van der Waals surface area contributed by atoms with Gasteiger partial charge in [-0.15, -0.1) is 0 Å². The summed E-state index contributed by atoms with van der Waals surface area (Å²) in [6.07, 6.45) is -0.355. The number of amidine groups is 1. The van der Waals surface area contributed by atoms with Crippen LogP contribution in [0, 0.1) is 0 Å². The maximum Gasteiger partial charge on any atom is 0.132 e. The van der Waals surface area contributed by atoms with E-state index in [9.17, 15) is 0 Å². The molecule has 1 aromatic heterocycles. The van der Waals surface area contributed by atoms with Gasteiger partial charge in [0.05, 0.1) is 22.1 Å². The summed E-state index contributed by atoms with van der Waals surface area (Å²) in [6.45, 7) is 0. The lowest BCUT2D eigenvalue weighted by molar-refractivity contribution is 0.409. The van der Waals surface area contributed by atoms with E-state index < -0.39 is 5.41 Å². The van der Waals surface area contributed by atoms with Crippen LogP contribution in [0.5, 0.6) is 11.5 Å². The van der Waals surface area contributed by atoms with Gasteiger partial charge in [0.2, 0.25) is 0 Å². The molecule has 5 nitrogen and oxygen atoms in total. The topological polar surface area (TPSA) is 50.6 Å². The molecule has 1 spiro atoms. The number of aromatic nitrogens is 1. The van der Waals surface area contributed by atoms with Crippen molar-refractivity contribution in [3.05, 3.63) is 245 Å². The Morgan fingerprint density at radius 2 is 1.05 bits per heavy atom. The fourth-order valence-electron chi connectivity index (χ4n) is 10.6. The van der Waals surface area contributed by atoms with Crippen molar-refractivity contribution < 1.29 is 4.74 Å². The van der Waals surface area contributed by atoms with Crippen LogP contribution < -0.4 is 15.4 Å². The fraction of sp³-hybridized carbons (Fsp3) is 0.0536. The van der Waals surface area contributed by atoms with Gasteiger partial charge in [0.25, 0.3) is 0 Å². The summed E-state index contributed by atoms with van der Waals surface area (Å²) < 4.78 is 9.16. The Kier molecular flexibility index (Phi) is 7.36. The van der Waals surface area contributed by atoms with Crippen LogP contribution in [0.15, 0.2) is 211 Å². The Bertz CT molecular complexity index is 3380. The van der Waals surface area contributed by atoms with E-state index in [0.29, 0.717) is 0 Å². The molecule has 288 valence electrons. The van der Waals surface area contributed by atoms with Crippen LogP contribution in [0.4, 0.5) is 0 Å². The number of para-hydroxylation sites is 3. The molecule has 61 heavy (non-hydrogen) atoms. The van der Waals surface area contributed by atoms with Crippen molar-refractivity contribution in [2.24, 2.45) is 4.99 Å². The smallest absolute Gasteiger partial charge is 0.132 e. The molecule has 0 fully saturated rings. The first-order valence-electron chi connectivity index (χ1n) is 21.0. The Labute approximate surface area is 353 Å². The number of benzene rings is 9. The third-order valence-corrected chi connectivity index (χ3v) is 13.1. The third-order valence-electron chi connectivity index (χ3n) is 13.1. The predicted molar refractivity (Wildman–Crippen MR) is 247 cm³/mol. The molecular formula is C56H38N4O. The van der Waals surface area contributed by atoms with Gasteiger partial charge in [-0.3, -0.25) is 5.32 Å². The SMILES string of the molecule is c1ccc(C2N=C(c3ccc(-n4c5ccccc5c5cc6c(cc54)C4(c5ccccc5Oc5ccccc54)c4ccccc4-6)c4ccccc34)NC(c3ccccc3)N2)cc1. The molecular weight excluding hydrogens is 745 g/mol. The van der Waals surface area contributed by atoms with Crippen molar-refractivity contribution in [1.82, 2.24) is 15.2 Å². The molecule has 3 heterocycles. The molecule has 0 amide bonds. The molecule has 2 atom stereocenters. The van der Waals surface area contributed by atoms with Crippen molar-refractivity contribution in [3.63, 3.8) is 0 Å². The molecule has 5 heteroatoms. The zero-order chi connectivity index (χ0) is 40.1. The first-order valence-corrected chi connectivity index (χ1v) is 21.0. The lowest BCUT2D eigenvalue weighted by atomic mass is 9.66. The van der Waals surface area contributed by atoms with Crippen molar-refractivity contribution in [2.75, 3.05) is 0 Å². The Balaban J connectivity index is 1.06. The van der Waals surface area contributed by atoms with Gasteiger partial charge >= 0.3 is 0 Å². The summed E-state index contributed by atoms with van der Waals surface area (Å²) in [5, 5.41) is 12.3. The molecule has 10 aromatic rings. The van der Waals surface area contributed by atoms with Crippen molar-refractivity contribution in [2.45, 2.75) is 17.7 Å². The summed E-state index contributed by atoms with van der Waals surface area (Å²) in [5.74, 6) is 2.65. The van der Waals surface area contributed by atoms with Gasteiger partial charge < -0.3 is 14.6 Å². The number of ether oxygens (including phenoxy) is 1. The number of hydrogen-bond acceptors (Lipinski definition) is 4. The van der Waals surface area contributed by atoms with Gasteiger partial charge in [-0.25, -0.2) is 4.99 Å². The van der Waals surface area contributed by atoms with Crippen molar-refractivity contribution in [1.29, 1.82) is 0 Å². The quantitative estimate of drug-likeness (QED) is 0.187. The molecule has 0 saturated carbocycles. The molecule has 2 unspecified atom stereocenters. The highest BCUT2D eigenvalue weighted by Gasteiger charge is 2.51. The van der Waals surface area contributed by atoms with Gasteiger partial charge in [-0.2, -0.15) is 0 Å². The predicted octanol–water partition coefficient (Wildman–Crippen LogP) is 12.7. The molecule has 0 bridgehead atoms. The monoisotopic (exact) mass is 782 g/mol. The van der Waals surface area contributed by atoms with Crippen LogP contribution in [0.2, 0.25) is 0 Å². The van der Waals surface area contributed by atoms with E-state index >= 15 is 0 Å². The molecule has 1 aliphatic carbocycles. The standard InChI is InChI=1S/C56H38N4O/c1-3-17-35(18-4-1)53-57-54(36-19-5-2-6-20-36)59-55(58-53)41-31-32-49(39-23-8-7-21-37(39)41)60-48-28-14-10-24-40(48)43-33-42-38-22-9-11-25-44(38)56(47(42)34-50(43)60)45-26-12-15-29-51(45)61-52-30-16-13-27-46(52)56/h1-34,53-54,57H,(H,58,59).